The zero-order chi connectivity index (χ0) is 18.0. The van der Waals surface area contributed by atoms with Gasteiger partial charge in [-0.1, -0.05) is 24.3 Å². The molecule has 0 bridgehead atoms. The van der Waals surface area contributed by atoms with Crippen molar-refractivity contribution in [1.29, 1.82) is 0 Å². The summed E-state index contributed by atoms with van der Waals surface area (Å²) in [7, 11) is 3.46. The van der Waals surface area contributed by atoms with Crippen molar-refractivity contribution < 1.29 is 9.53 Å². The van der Waals surface area contributed by atoms with E-state index in [4.69, 9.17) is 4.74 Å². The summed E-state index contributed by atoms with van der Waals surface area (Å²) in [5.74, 6) is 0.737. The molecular weight excluding hydrogens is 312 g/mol. The van der Waals surface area contributed by atoms with Crippen LogP contribution in [0.3, 0.4) is 0 Å². The Hall–Kier alpha value is -2.88. The van der Waals surface area contributed by atoms with Crippen molar-refractivity contribution in [3.05, 3.63) is 70.9 Å². The van der Waals surface area contributed by atoms with Gasteiger partial charge in [0.05, 0.1) is 23.9 Å². The first-order chi connectivity index (χ1) is 12.0. The topological polar surface area (TPSA) is 42.4 Å². The Bertz CT molecular complexity index is 934. The number of rotatable bonds is 4. The average Bonchev–Trinajstić information content (AvgIpc) is 2.61. The van der Waals surface area contributed by atoms with Gasteiger partial charge in [-0.05, 0) is 43.2 Å². The third-order valence-electron chi connectivity index (χ3n) is 4.46. The molecule has 3 rings (SSSR count). The quantitative estimate of drug-likeness (QED) is 0.720. The van der Waals surface area contributed by atoms with E-state index < -0.39 is 0 Å². The maximum Gasteiger partial charge on any atom is 0.255 e. The first-order valence-corrected chi connectivity index (χ1v) is 8.25. The number of nitrogens with zero attached hydrogens (tertiary/aromatic N) is 2. The lowest BCUT2D eigenvalue weighted by atomic mass is 10.1. The van der Waals surface area contributed by atoms with Gasteiger partial charge in [0.2, 0.25) is 0 Å². The molecule has 0 aliphatic carbocycles. The van der Waals surface area contributed by atoms with Crippen LogP contribution in [-0.2, 0) is 6.54 Å². The highest BCUT2D eigenvalue weighted by atomic mass is 16.5. The highest BCUT2D eigenvalue weighted by molar-refractivity contribution is 5.98. The molecular formula is C21H22N2O2. The van der Waals surface area contributed by atoms with Crippen molar-refractivity contribution in [1.82, 2.24) is 9.88 Å². The number of methoxy groups -OCH3 is 1. The first kappa shape index (κ1) is 17.0. The van der Waals surface area contributed by atoms with E-state index in [2.05, 4.69) is 24.0 Å². The van der Waals surface area contributed by atoms with E-state index in [0.717, 1.165) is 27.9 Å². The van der Waals surface area contributed by atoms with E-state index >= 15 is 0 Å². The van der Waals surface area contributed by atoms with Gasteiger partial charge in [0.1, 0.15) is 5.75 Å². The molecule has 25 heavy (non-hydrogen) atoms. The van der Waals surface area contributed by atoms with Gasteiger partial charge >= 0.3 is 0 Å². The van der Waals surface area contributed by atoms with Crippen LogP contribution < -0.4 is 4.74 Å². The molecule has 0 saturated heterocycles. The van der Waals surface area contributed by atoms with E-state index in [1.54, 1.807) is 12.0 Å². The molecule has 4 nitrogen and oxygen atoms in total. The minimum absolute atomic E-state index is 0.0222. The molecule has 0 fully saturated rings. The summed E-state index contributed by atoms with van der Waals surface area (Å²) in [4.78, 5) is 19.2. The van der Waals surface area contributed by atoms with Crippen molar-refractivity contribution >= 4 is 16.8 Å². The van der Waals surface area contributed by atoms with Gasteiger partial charge in [-0.3, -0.25) is 9.78 Å². The van der Waals surface area contributed by atoms with Gasteiger partial charge in [-0.25, -0.2) is 0 Å². The number of carbonyl (C=O) groups is 1. The number of carbonyl (C=O) groups excluding carboxylic acids is 1. The second kappa shape index (κ2) is 6.93. The van der Waals surface area contributed by atoms with Gasteiger partial charge in [0.15, 0.2) is 0 Å². The van der Waals surface area contributed by atoms with Gasteiger partial charge in [-0.2, -0.15) is 0 Å². The number of amides is 1. The molecule has 0 radical (unpaired) electrons. The second-order valence-electron chi connectivity index (χ2n) is 6.27. The number of aryl methyl sites for hydroxylation is 2. The molecule has 0 N–H and O–H groups in total. The maximum atomic E-state index is 12.9. The molecule has 3 aromatic rings. The van der Waals surface area contributed by atoms with E-state index in [1.165, 1.54) is 5.56 Å². The first-order valence-electron chi connectivity index (χ1n) is 8.25. The highest BCUT2D eigenvalue weighted by Gasteiger charge is 2.17. The van der Waals surface area contributed by atoms with Crippen LogP contribution in [0.1, 0.15) is 27.2 Å². The van der Waals surface area contributed by atoms with Crippen molar-refractivity contribution in [3.8, 4) is 5.75 Å². The molecule has 0 saturated carbocycles. The number of fused-ring (bicyclic) bond motifs is 1. The minimum Gasteiger partial charge on any atom is -0.497 e. The highest BCUT2D eigenvalue weighted by Crippen LogP contribution is 2.23. The van der Waals surface area contributed by atoms with Crippen LogP contribution in [0.25, 0.3) is 10.9 Å². The fraction of sp³-hybridized carbons (Fsp3) is 0.238. The number of hydrogen-bond acceptors (Lipinski definition) is 3. The lowest BCUT2D eigenvalue weighted by molar-refractivity contribution is 0.0784. The lowest BCUT2D eigenvalue weighted by Gasteiger charge is -2.19. The maximum absolute atomic E-state index is 12.9. The van der Waals surface area contributed by atoms with E-state index in [9.17, 15) is 4.79 Å². The minimum atomic E-state index is -0.0222. The zero-order valence-corrected chi connectivity index (χ0v) is 15.0. The summed E-state index contributed by atoms with van der Waals surface area (Å²) >= 11 is 0. The molecule has 4 heteroatoms. The van der Waals surface area contributed by atoms with Crippen molar-refractivity contribution in [3.63, 3.8) is 0 Å². The number of aromatic nitrogens is 1. The molecule has 0 atom stereocenters. The van der Waals surface area contributed by atoms with Crippen LogP contribution in [0.15, 0.2) is 48.5 Å². The Morgan fingerprint density at radius 1 is 1.12 bits per heavy atom. The van der Waals surface area contributed by atoms with Crippen LogP contribution in [0.5, 0.6) is 5.75 Å². The number of benzene rings is 2. The summed E-state index contributed by atoms with van der Waals surface area (Å²) in [6.07, 6.45) is 0. The lowest BCUT2D eigenvalue weighted by Crippen LogP contribution is -2.27. The molecule has 128 valence electrons. The predicted molar refractivity (Wildman–Crippen MR) is 100 cm³/mol. The van der Waals surface area contributed by atoms with Gasteiger partial charge < -0.3 is 9.64 Å². The van der Waals surface area contributed by atoms with Crippen LogP contribution in [0.2, 0.25) is 0 Å². The molecule has 0 spiro atoms. The predicted octanol–water partition coefficient (Wildman–Crippen LogP) is 4.13. The van der Waals surface area contributed by atoms with Gasteiger partial charge in [0, 0.05) is 25.0 Å². The third kappa shape index (κ3) is 3.48. The molecule has 2 aromatic carbocycles. The number of ether oxygens (including phenoxy) is 1. The largest absolute Gasteiger partial charge is 0.497 e. The van der Waals surface area contributed by atoms with Crippen LogP contribution >= 0.6 is 0 Å². The fourth-order valence-electron chi connectivity index (χ4n) is 2.91. The fourth-order valence-corrected chi connectivity index (χ4v) is 2.91. The summed E-state index contributed by atoms with van der Waals surface area (Å²) in [6, 6.07) is 15.7. The van der Waals surface area contributed by atoms with E-state index in [0.29, 0.717) is 12.1 Å². The summed E-state index contributed by atoms with van der Waals surface area (Å²) in [6.45, 7) is 4.50. The smallest absolute Gasteiger partial charge is 0.255 e. The summed E-state index contributed by atoms with van der Waals surface area (Å²) < 4.78 is 5.24. The van der Waals surface area contributed by atoms with Gasteiger partial charge in [-0.15, -0.1) is 0 Å². The van der Waals surface area contributed by atoms with Crippen LogP contribution in [0, 0.1) is 13.8 Å². The Kier molecular flexibility index (Phi) is 4.70. The monoisotopic (exact) mass is 334 g/mol. The number of pyridine rings is 1. The Morgan fingerprint density at radius 2 is 1.88 bits per heavy atom. The molecule has 1 amide bonds. The SMILES string of the molecule is COc1ccc2cc(C(=O)N(C)Cc3ccccc3C)c(C)nc2c1. The van der Waals surface area contributed by atoms with E-state index in [-0.39, 0.29) is 5.91 Å². The molecule has 0 aliphatic rings. The zero-order valence-electron chi connectivity index (χ0n) is 15.0. The Morgan fingerprint density at radius 3 is 2.60 bits per heavy atom. The Balaban J connectivity index is 1.91. The standard InChI is InChI=1S/C21H22N2O2/c1-14-7-5-6-8-17(14)13-23(3)21(24)19-11-16-9-10-18(25-4)12-20(16)22-15(19)2/h5-12H,13H2,1-4H3. The molecule has 0 unspecified atom stereocenters. The second-order valence-corrected chi connectivity index (χ2v) is 6.27. The molecule has 1 aromatic heterocycles. The summed E-state index contributed by atoms with van der Waals surface area (Å²) in [5.41, 5.74) is 4.52. The number of hydrogen-bond donors (Lipinski definition) is 0. The normalized spacial score (nSPS) is 10.7. The molecule has 1 heterocycles. The van der Waals surface area contributed by atoms with Crippen LogP contribution in [-0.4, -0.2) is 29.9 Å². The van der Waals surface area contributed by atoms with Crippen molar-refractivity contribution in [2.75, 3.05) is 14.2 Å². The summed E-state index contributed by atoms with van der Waals surface area (Å²) in [5, 5.41) is 0.930. The average molecular weight is 334 g/mol. The van der Waals surface area contributed by atoms with E-state index in [1.807, 2.05) is 50.4 Å². The Labute approximate surface area is 148 Å². The molecule has 0 aliphatic heterocycles. The van der Waals surface area contributed by atoms with Gasteiger partial charge in [0.25, 0.3) is 5.91 Å². The third-order valence-corrected chi connectivity index (χ3v) is 4.46. The van der Waals surface area contributed by atoms with Crippen molar-refractivity contribution in [2.45, 2.75) is 20.4 Å². The van der Waals surface area contributed by atoms with Crippen molar-refractivity contribution in [2.24, 2.45) is 0 Å². The van der Waals surface area contributed by atoms with Crippen LogP contribution in [0.4, 0.5) is 0 Å².